The minimum absolute atomic E-state index is 0.629. The molecule has 0 amide bonds. The summed E-state index contributed by atoms with van der Waals surface area (Å²) < 4.78 is 12.3. The van der Waals surface area contributed by atoms with Gasteiger partial charge in [-0.3, -0.25) is 0 Å². The quantitative estimate of drug-likeness (QED) is 0.397. The molecule has 1 N–H and O–H groups in total. The molecule has 3 aromatic rings. The maximum atomic E-state index is 6.32. The molecule has 9 heteroatoms. The number of tetrazole rings is 1. The van der Waals surface area contributed by atoms with Crippen molar-refractivity contribution in [1.82, 2.24) is 25.5 Å². The molecule has 28 heavy (non-hydrogen) atoms. The lowest BCUT2D eigenvalue weighted by atomic mass is 10.2. The number of benzene rings is 2. The van der Waals surface area contributed by atoms with Gasteiger partial charge in [0.25, 0.3) is 0 Å². The highest BCUT2D eigenvalue weighted by atomic mass is 35.5. The average Bonchev–Trinajstić information content (AvgIpc) is 3.20. The second-order valence-electron chi connectivity index (χ2n) is 5.89. The molecule has 0 saturated carbocycles. The summed E-state index contributed by atoms with van der Waals surface area (Å²) in [5.41, 5.74) is 1.93. The van der Waals surface area contributed by atoms with E-state index in [1.807, 2.05) is 36.4 Å². The van der Waals surface area contributed by atoms with E-state index in [1.165, 1.54) is 0 Å². The topological polar surface area (TPSA) is 74.1 Å². The van der Waals surface area contributed by atoms with Gasteiger partial charge in [-0.15, -0.1) is 5.10 Å². The van der Waals surface area contributed by atoms with Crippen LogP contribution in [0.15, 0.2) is 47.6 Å². The van der Waals surface area contributed by atoms with Crippen molar-refractivity contribution in [2.24, 2.45) is 0 Å². The Morgan fingerprint density at radius 2 is 1.86 bits per heavy atom. The minimum Gasteiger partial charge on any atom is -0.493 e. The molecule has 1 aromatic heterocycles. The van der Waals surface area contributed by atoms with Gasteiger partial charge in [-0.25, -0.2) is 0 Å². The molecule has 1 heterocycles. The van der Waals surface area contributed by atoms with Crippen molar-refractivity contribution < 1.29 is 9.47 Å². The standard InChI is InChI=1S/C19H22ClN5O2S/c1-26-17-11-14(16(20)12-18(17)27-2)13-21-9-6-10-28-19-22-23-24-25(19)15-7-4-3-5-8-15/h3-5,7-8,11-12,21H,6,9-10,13H2,1-2H3. The van der Waals surface area contributed by atoms with Crippen LogP contribution in [0, 0.1) is 0 Å². The zero-order chi connectivity index (χ0) is 19.8. The van der Waals surface area contributed by atoms with Crippen LogP contribution in [0.5, 0.6) is 11.5 Å². The molecule has 0 aliphatic carbocycles. The van der Waals surface area contributed by atoms with Crippen LogP contribution in [0.4, 0.5) is 0 Å². The summed E-state index contributed by atoms with van der Waals surface area (Å²) in [7, 11) is 3.21. The second kappa shape index (κ2) is 10.3. The molecular formula is C19H22ClN5O2S. The largest absolute Gasteiger partial charge is 0.493 e. The summed E-state index contributed by atoms with van der Waals surface area (Å²) in [6.07, 6.45) is 0.969. The highest BCUT2D eigenvalue weighted by Crippen LogP contribution is 2.33. The maximum absolute atomic E-state index is 6.32. The predicted molar refractivity (Wildman–Crippen MR) is 111 cm³/mol. The first-order chi connectivity index (χ1) is 13.7. The van der Waals surface area contributed by atoms with Crippen LogP contribution in [0.3, 0.4) is 0 Å². The van der Waals surface area contributed by atoms with Crippen molar-refractivity contribution in [2.45, 2.75) is 18.1 Å². The number of aromatic nitrogens is 4. The first-order valence-electron chi connectivity index (χ1n) is 8.80. The van der Waals surface area contributed by atoms with Gasteiger partial charge in [-0.05, 0) is 47.2 Å². The van der Waals surface area contributed by atoms with Crippen LogP contribution in [0.25, 0.3) is 5.69 Å². The molecule has 0 spiro atoms. The molecule has 3 rings (SSSR count). The summed E-state index contributed by atoms with van der Waals surface area (Å²) in [6, 6.07) is 13.5. The summed E-state index contributed by atoms with van der Waals surface area (Å²) in [5.74, 6) is 2.20. The highest BCUT2D eigenvalue weighted by Gasteiger charge is 2.10. The summed E-state index contributed by atoms with van der Waals surface area (Å²) >= 11 is 7.95. The first-order valence-corrected chi connectivity index (χ1v) is 10.2. The van der Waals surface area contributed by atoms with E-state index in [9.17, 15) is 0 Å². The van der Waals surface area contributed by atoms with Gasteiger partial charge in [-0.2, -0.15) is 4.68 Å². The van der Waals surface area contributed by atoms with E-state index >= 15 is 0 Å². The van der Waals surface area contributed by atoms with Crippen molar-refractivity contribution in [1.29, 1.82) is 0 Å². The Balaban J connectivity index is 1.45. The fourth-order valence-corrected chi connectivity index (χ4v) is 3.67. The van der Waals surface area contributed by atoms with Crippen LogP contribution < -0.4 is 14.8 Å². The van der Waals surface area contributed by atoms with E-state index in [-0.39, 0.29) is 0 Å². The van der Waals surface area contributed by atoms with Gasteiger partial charge in [0.1, 0.15) is 0 Å². The molecule has 7 nitrogen and oxygen atoms in total. The van der Waals surface area contributed by atoms with Crippen LogP contribution in [0.2, 0.25) is 5.02 Å². The zero-order valence-corrected chi connectivity index (χ0v) is 17.3. The van der Waals surface area contributed by atoms with E-state index in [4.69, 9.17) is 21.1 Å². The third-order valence-electron chi connectivity index (χ3n) is 4.04. The Kier molecular flexibility index (Phi) is 7.53. The third-order valence-corrected chi connectivity index (χ3v) is 5.40. The van der Waals surface area contributed by atoms with E-state index in [2.05, 4.69) is 20.8 Å². The van der Waals surface area contributed by atoms with Gasteiger partial charge in [0.15, 0.2) is 11.5 Å². The summed E-state index contributed by atoms with van der Waals surface area (Å²) in [5, 5.41) is 16.8. The number of hydrogen-bond acceptors (Lipinski definition) is 7. The van der Waals surface area contributed by atoms with Crippen molar-refractivity contribution >= 4 is 23.4 Å². The maximum Gasteiger partial charge on any atom is 0.214 e. The number of para-hydroxylation sites is 1. The molecule has 0 saturated heterocycles. The lowest BCUT2D eigenvalue weighted by Gasteiger charge is -2.12. The number of thioether (sulfide) groups is 1. The van der Waals surface area contributed by atoms with Gasteiger partial charge in [-0.1, -0.05) is 41.6 Å². The van der Waals surface area contributed by atoms with E-state index < -0.39 is 0 Å². The molecular weight excluding hydrogens is 398 g/mol. The second-order valence-corrected chi connectivity index (χ2v) is 7.36. The highest BCUT2D eigenvalue weighted by molar-refractivity contribution is 7.99. The number of methoxy groups -OCH3 is 2. The normalized spacial score (nSPS) is 10.8. The van der Waals surface area contributed by atoms with Gasteiger partial charge < -0.3 is 14.8 Å². The van der Waals surface area contributed by atoms with Gasteiger partial charge in [0, 0.05) is 23.4 Å². The fourth-order valence-electron chi connectivity index (χ4n) is 2.62. The van der Waals surface area contributed by atoms with Crippen molar-refractivity contribution in [3.8, 4) is 17.2 Å². The van der Waals surface area contributed by atoms with Crippen molar-refractivity contribution in [2.75, 3.05) is 26.5 Å². The number of hydrogen-bond donors (Lipinski definition) is 1. The van der Waals surface area contributed by atoms with Gasteiger partial charge in [0.05, 0.1) is 19.9 Å². The molecule has 0 aliphatic heterocycles. The monoisotopic (exact) mass is 419 g/mol. The summed E-state index contributed by atoms with van der Waals surface area (Å²) in [4.78, 5) is 0. The Morgan fingerprint density at radius 1 is 1.11 bits per heavy atom. The lowest BCUT2D eigenvalue weighted by molar-refractivity contribution is 0.354. The Morgan fingerprint density at radius 3 is 2.61 bits per heavy atom. The molecule has 2 aromatic carbocycles. The number of rotatable bonds is 10. The Bertz CT molecular complexity index is 891. The van der Waals surface area contributed by atoms with E-state index in [0.717, 1.165) is 35.1 Å². The molecule has 0 bridgehead atoms. The van der Waals surface area contributed by atoms with Crippen LogP contribution in [0.1, 0.15) is 12.0 Å². The number of nitrogens with one attached hydrogen (secondary N) is 1. The minimum atomic E-state index is 0.629. The predicted octanol–water partition coefficient (Wildman–Crippen LogP) is 3.60. The molecule has 0 atom stereocenters. The number of nitrogens with zero attached hydrogens (tertiary/aromatic N) is 4. The zero-order valence-electron chi connectivity index (χ0n) is 15.8. The number of ether oxygens (including phenoxy) is 2. The SMILES string of the molecule is COc1cc(Cl)c(CNCCCSc2nnnn2-c2ccccc2)cc1OC. The molecule has 0 aliphatic rings. The average molecular weight is 420 g/mol. The first kappa shape index (κ1) is 20.4. The Labute approximate surface area is 173 Å². The lowest BCUT2D eigenvalue weighted by Crippen LogP contribution is -2.15. The fraction of sp³-hybridized carbons (Fsp3) is 0.316. The van der Waals surface area contributed by atoms with Crippen molar-refractivity contribution in [3.05, 3.63) is 53.1 Å². The summed E-state index contributed by atoms with van der Waals surface area (Å²) in [6.45, 7) is 1.51. The van der Waals surface area contributed by atoms with Crippen LogP contribution >= 0.6 is 23.4 Å². The van der Waals surface area contributed by atoms with Gasteiger partial charge in [0.2, 0.25) is 5.16 Å². The Hall–Kier alpha value is -2.29. The number of halogens is 1. The van der Waals surface area contributed by atoms with Crippen LogP contribution in [-0.2, 0) is 6.54 Å². The van der Waals surface area contributed by atoms with Crippen molar-refractivity contribution in [3.63, 3.8) is 0 Å². The van der Waals surface area contributed by atoms with E-state index in [0.29, 0.717) is 23.1 Å². The third kappa shape index (κ3) is 5.15. The van der Waals surface area contributed by atoms with E-state index in [1.54, 1.807) is 36.7 Å². The molecule has 0 radical (unpaired) electrons. The molecule has 148 valence electrons. The smallest absolute Gasteiger partial charge is 0.214 e. The molecule has 0 fully saturated rings. The molecule has 0 unspecified atom stereocenters. The van der Waals surface area contributed by atoms with Crippen LogP contribution in [-0.4, -0.2) is 46.7 Å². The van der Waals surface area contributed by atoms with Gasteiger partial charge >= 0.3 is 0 Å².